The number of rotatable bonds is 4. The molecule has 0 aliphatic carbocycles. The Morgan fingerprint density at radius 1 is 1.42 bits per heavy atom. The quantitative estimate of drug-likeness (QED) is 0.544. The number of hydrogen-bond donors (Lipinski definition) is 0. The molecule has 0 fully saturated rings. The Labute approximate surface area is 78.4 Å². The fourth-order valence-electron chi connectivity index (χ4n) is 1.38. The van der Waals surface area contributed by atoms with Crippen LogP contribution in [0.25, 0.3) is 0 Å². The molecule has 0 heterocycles. The zero-order chi connectivity index (χ0) is 8.85. The third-order valence-corrected chi connectivity index (χ3v) is 2.27. The van der Waals surface area contributed by atoms with E-state index in [1.807, 2.05) is 6.08 Å². The highest BCUT2D eigenvalue weighted by Crippen LogP contribution is 2.23. The summed E-state index contributed by atoms with van der Waals surface area (Å²) in [6.07, 6.45) is 5.32. The number of allylic oxidation sites excluding steroid dienone is 3. The van der Waals surface area contributed by atoms with Crippen molar-refractivity contribution < 1.29 is 0 Å². The van der Waals surface area contributed by atoms with Crippen LogP contribution in [0.4, 0.5) is 0 Å². The van der Waals surface area contributed by atoms with Gasteiger partial charge in [0, 0.05) is 0 Å². The molecule has 0 aromatic carbocycles. The second-order valence-electron chi connectivity index (χ2n) is 3.41. The van der Waals surface area contributed by atoms with Gasteiger partial charge in [-0.15, -0.1) is 6.58 Å². The SMILES string of the molecule is C.C=CC[C@H](/C(C)=C\C)C(C)C. The van der Waals surface area contributed by atoms with Crippen LogP contribution in [-0.4, -0.2) is 0 Å². The zero-order valence-corrected chi connectivity index (χ0v) is 8.22. The lowest BCUT2D eigenvalue weighted by molar-refractivity contribution is 0.447. The standard InChI is InChI=1S/C11H20.CH4/c1-6-8-11(9(3)4)10(5)7-2;/h6-7,9,11H,1,8H2,2-5H3;1H4/b10-7-;/t11-;/m0./s1. The minimum absolute atomic E-state index is 0. The molecule has 0 unspecified atom stereocenters. The zero-order valence-electron chi connectivity index (χ0n) is 8.22. The van der Waals surface area contributed by atoms with Crippen LogP contribution in [0.5, 0.6) is 0 Å². The molecule has 0 radical (unpaired) electrons. The molecule has 0 rings (SSSR count). The van der Waals surface area contributed by atoms with Crippen molar-refractivity contribution in [2.75, 3.05) is 0 Å². The summed E-state index contributed by atoms with van der Waals surface area (Å²) in [5, 5.41) is 0. The van der Waals surface area contributed by atoms with Crippen LogP contribution in [0, 0.1) is 11.8 Å². The van der Waals surface area contributed by atoms with E-state index in [9.17, 15) is 0 Å². The topological polar surface area (TPSA) is 0 Å². The first-order valence-corrected chi connectivity index (χ1v) is 4.37. The molecular weight excluding hydrogens is 144 g/mol. The van der Waals surface area contributed by atoms with Crippen molar-refractivity contribution >= 4 is 0 Å². The Kier molecular flexibility index (Phi) is 8.36. The van der Waals surface area contributed by atoms with Crippen molar-refractivity contribution in [3.8, 4) is 0 Å². The normalized spacial score (nSPS) is 13.9. The lowest BCUT2D eigenvalue weighted by Gasteiger charge is -2.19. The highest BCUT2D eigenvalue weighted by molar-refractivity contribution is 5.04. The first-order valence-electron chi connectivity index (χ1n) is 4.37. The Morgan fingerprint density at radius 2 is 1.92 bits per heavy atom. The van der Waals surface area contributed by atoms with Crippen LogP contribution >= 0.6 is 0 Å². The largest absolute Gasteiger partial charge is 0.103 e. The molecule has 0 saturated carbocycles. The summed E-state index contributed by atoms with van der Waals surface area (Å²) < 4.78 is 0. The second kappa shape index (κ2) is 7.15. The van der Waals surface area contributed by atoms with Gasteiger partial charge in [0.25, 0.3) is 0 Å². The van der Waals surface area contributed by atoms with Gasteiger partial charge < -0.3 is 0 Å². The monoisotopic (exact) mass is 168 g/mol. The van der Waals surface area contributed by atoms with E-state index in [0.29, 0.717) is 5.92 Å². The van der Waals surface area contributed by atoms with Gasteiger partial charge >= 0.3 is 0 Å². The summed E-state index contributed by atoms with van der Waals surface area (Å²) in [7, 11) is 0. The summed E-state index contributed by atoms with van der Waals surface area (Å²) in [6, 6.07) is 0. The van der Waals surface area contributed by atoms with Gasteiger partial charge in [0.2, 0.25) is 0 Å². The lowest BCUT2D eigenvalue weighted by Crippen LogP contribution is -2.08. The fourth-order valence-corrected chi connectivity index (χ4v) is 1.38. The van der Waals surface area contributed by atoms with Crippen LogP contribution in [-0.2, 0) is 0 Å². The van der Waals surface area contributed by atoms with E-state index < -0.39 is 0 Å². The van der Waals surface area contributed by atoms with Gasteiger partial charge in [-0.05, 0) is 32.1 Å². The Hall–Kier alpha value is -0.520. The molecule has 12 heavy (non-hydrogen) atoms. The van der Waals surface area contributed by atoms with E-state index in [1.165, 1.54) is 5.57 Å². The van der Waals surface area contributed by atoms with Crippen LogP contribution in [0.2, 0.25) is 0 Å². The average Bonchev–Trinajstić information content (AvgIpc) is 1.98. The number of hydrogen-bond acceptors (Lipinski definition) is 0. The van der Waals surface area contributed by atoms with Crippen molar-refractivity contribution in [3.63, 3.8) is 0 Å². The molecule has 72 valence electrons. The van der Waals surface area contributed by atoms with Crippen LogP contribution < -0.4 is 0 Å². The lowest BCUT2D eigenvalue weighted by atomic mass is 9.86. The predicted molar refractivity (Wildman–Crippen MR) is 59.3 cm³/mol. The van der Waals surface area contributed by atoms with E-state index in [2.05, 4.69) is 40.3 Å². The van der Waals surface area contributed by atoms with Gasteiger partial charge in [-0.1, -0.05) is 39.0 Å². The maximum Gasteiger partial charge on any atom is -0.0149 e. The second-order valence-corrected chi connectivity index (χ2v) is 3.41. The van der Waals surface area contributed by atoms with Crippen molar-refractivity contribution in [3.05, 3.63) is 24.3 Å². The Balaban J connectivity index is 0. The average molecular weight is 168 g/mol. The van der Waals surface area contributed by atoms with E-state index in [0.717, 1.165) is 12.3 Å². The molecule has 0 saturated heterocycles. The van der Waals surface area contributed by atoms with Crippen molar-refractivity contribution in [2.24, 2.45) is 11.8 Å². The van der Waals surface area contributed by atoms with Gasteiger partial charge in [-0.3, -0.25) is 0 Å². The smallest absolute Gasteiger partial charge is 0.0149 e. The summed E-state index contributed by atoms with van der Waals surface area (Å²) in [5.41, 5.74) is 1.49. The minimum atomic E-state index is 0. The first kappa shape index (κ1) is 14.0. The molecule has 0 aliphatic rings. The highest BCUT2D eigenvalue weighted by atomic mass is 14.2. The molecule has 0 aromatic heterocycles. The highest BCUT2D eigenvalue weighted by Gasteiger charge is 2.11. The maximum atomic E-state index is 3.77. The predicted octanol–water partition coefficient (Wildman–Crippen LogP) is 4.44. The van der Waals surface area contributed by atoms with E-state index >= 15 is 0 Å². The molecule has 1 atom stereocenters. The molecular formula is C12H24. The summed E-state index contributed by atoms with van der Waals surface area (Å²) in [6.45, 7) is 12.6. The van der Waals surface area contributed by atoms with Gasteiger partial charge in [0.1, 0.15) is 0 Å². The van der Waals surface area contributed by atoms with Crippen molar-refractivity contribution in [1.82, 2.24) is 0 Å². The molecule has 0 N–H and O–H groups in total. The Morgan fingerprint density at radius 3 is 2.17 bits per heavy atom. The summed E-state index contributed by atoms with van der Waals surface area (Å²) >= 11 is 0. The molecule has 0 spiro atoms. The first-order chi connectivity index (χ1) is 5.13. The van der Waals surface area contributed by atoms with Crippen LogP contribution in [0.15, 0.2) is 24.3 Å². The molecule has 0 amide bonds. The van der Waals surface area contributed by atoms with E-state index in [4.69, 9.17) is 0 Å². The van der Waals surface area contributed by atoms with Crippen LogP contribution in [0.1, 0.15) is 41.5 Å². The molecule has 0 bridgehead atoms. The summed E-state index contributed by atoms with van der Waals surface area (Å²) in [4.78, 5) is 0. The van der Waals surface area contributed by atoms with Crippen molar-refractivity contribution in [2.45, 2.75) is 41.5 Å². The van der Waals surface area contributed by atoms with Gasteiger partial charge in [0.05, 0.1) is 0 Å². The van der Waals surface area contributed by atoms with Crippen molar-refractivity contribution in [1.29, 1.82) is 0 Å². The molecule has 0 nitrogen and oxygen atoms in total. The molecule has 0 heteroatoms. The summed E-state index contributed by atoms with van der Waals surface area (Å²) in [5.74, 6) is 1.42. The van der Waals surface area contributed by atoms with E-state index in [1.54, 1.807) is 0 Å². The van der Waals surface area contributed by atoms with E-state index in [-0.39, 0.29) is 7.43 Å². The minimum Gasteiger partial charge on any atom is -0.103 e. The van der Waals surface area contributed by atoms with Gasteiger partial charge in [-0.2, -0.15) is 0 Å². The molecule has 0 aromatic rings. The van der Waals surface area contributed by atoms with Gasteiger partial charge in [0.15, 0.2) is 0 Å². The molecule has 0 aliphatic heterocycles. The maximum absolute atomic E-state index is 3.77. The van der Waals surface area contributed by atoms with Gasteiger partial charge in [-0.25, -0.2) is 0 Å². The fraction of sp³-hybridized carbons (Fsp3) is 0.667. The third-order valence-electron chi connectivity index (χ3n) is 2.27. The Bertz CT molecular complexity index is 140. The third kappa shape index (κ3) is 4.38. The van der Waals surface area contributed by atoms with Crippen LogP contribution in [0.3, 0.4) is 0 Å².